The highest BCUT2D eigenvalue weighted by Gasteiger charge is 2.12. The van der Waals surface area contributed by atoms with Crippen molar-refractivity contribution in [2.24, 2.45) is 5.10 Å². The van der Waals surface area contributed by atoms with Crippen molar-refractivity contribution in [2.45, 2.75) is 6.92 Å². The number of rotatable bonds is 6. The van der Waals surface area contributed by atoms with E-state index in [-0.39, 0.29) is 11.5 Å². The lowest BCUT2D eigenvalue weighted by Crippen LogP contribution is -2.16. The number of aromatic nitrogens is 2. The Morgan fingerprint density at radius 3 is 2.79 bits per heavy atom. The highest BCUT2D eigenvalue weighted by atomic mass is 79.9. The van der Waals surface area contributed by atoms with E-state index < -0.39 is 5.56 Å². The molecule has 0 atom stereocenters. The number of hydrazone groups is 1. The third kappa shape index (κ3) is 4.45. The van der Waals surface area contributed by atoms with Gasteiger partial charge >= 0.3 is 0 Å². The second-order valence-electron chi connectivity index (χ2n) is 5.61. The number of nitrogens with zero attached hydrogens (tertiary/aromatic N) is 3. The van der Waals surface area contributed by atoms with Gasteiger partial charge in [-0.05, 0) is 46.6 Å². The van der Waals surface area contributed by atoms with E-state index >= 15 is 0 Å². The van der Waals surface area contributed by atoms with E-state index in [1.165, 1.54) is 0 Å². The van der Waals surface area contributed by atoms with Gasteiger partial charge < -0.3 is 4.74 Å². The largest absolute Gasteiger partial charge is 0.493 e. The number of hydrogen-bond acceptors (Lipinski definition) is 6. The highest BCUT2D eigenvalue weighted by Crippen LogP contribution is 2.25. The van der Waals surface area contributed by atoms with Crippen LogP contribution in [0.3, 0.4) is 0 Å². The number of halogens is 1. The lowest BCUT2D eigenvalue weighted by molar-refractivity contribution is 0.338. The monoisotopic (exact) mass is 437 g/mol. The van der Waals surface area contributed by atoms with Crippen LogP contribution in [0, 0.1) is 11.3 Å². The SMILES string of the molecule is CCOc1ccc(C=NNc2nc(-c3ccccc3)c(C#N)c(=O)[nH]2)cc1Br. The molecule has 8 heteroatoms. The first-order valence-corrected chi connectivity index (χ1v) is 9.23. The molecule has 2 aromatic carbocycles. The zero-order valence-electron chi connectivity index (χ0n) is 14.9. The molecule has 0 spiro atoms. The van der Waals surface area contributed by atoms with Gasteiger partial charge in [0.2, 0.25) is 5.95 Å². The van der Waals surface area contributed by atoms with Crippen molar-refractivity contribution in [3.8, 4) is 23.1 Å². The number of nitriles is 1. The van der Waals surface area contributed by atoms with Crippen LogP contribution in [0.25, 0.3) is 11.3 Å². The molecule has 140 valence electrons. The fraction of sp³-hybridized carbons (Fsp3) is 0.100. The summed E-state index contributed by atoms with van der Waals surface area (Å²) in [5.74, 6) is 0.891. The van der Waals surface area contributed by atoms with E-state index in [9.17, 15) is 10.1 Å². The van der Waals surface area contributed by atoms with E-state index in [0.29, 0.717) is 17.9 Å². The average molecular weight is 438 g/mol. The third-order valence-corrected chi connectivity index (χ3v) is 4.34. The maximum atomic E-state index is 12.2. The van der Waals surface area contributed by atoms with Crippen molar-refractivity contribution in [3.05, 3.63) is 74.5 Å². The van der Waals surface area contributed by atoms with Gasteiger partial charge in [-0.25, -0.2) is 10.4 Å². The summed E-state index contributed by atoms with van der Waals surface area (Å²) in [6.45, 7) is 2.50. The lowest BCUT2D eigenvalue weighted by atomic mass is 10.1. The number of nitrogens with one attached hydrogen (secondary N) is 2. The third-order valence-electron chi connectivity index (χ3n) is 3.72. The molecule has 0 amide bonds. The van der Waals surface area contributed by atoms with Crippen LogP contribution < -0.4 is 15.7 Å². The molecule has 3 aromatic rings. The van der Waals surface area contributed by atoms with E-state index in [1.807, 2.05) is 49.4 Å². The minimum atomic E-state index is -0.530. The van der Waals surface area contributed by atoms with Crippen molar-refractivity contribution in [3.63, 3.8) is 0 Å². The summed E-state index contributed by atoms with van der Waals surface area (Å²) in [4.78, 5) is 19.1. The van der Waals surface area contributed by atoms with Crippen LogP contribution in [-0.4, -0.2) is 22.8 Å². The smallest absolute Gasteiger partial charge is 0.270 e. The standard InChI is InChI=1S/C20H16BrN5O2/c1-2-28-17-9-8-13(10-16(17)21)12-23-26-20-24-18(14-6-4-3-5-7-14)15(11-22)19(27)25-20/h3-10,12H,2H2,1H3,(H2,24,25,26,27). The predicted molar refractivity (Wildman–Crippen MR) is 112 cm³/mol. The Morgan fingerprint density at radius 2 is 2.11 bits per heavy atom. The van der Waals surface area contributed by atoms with E-state index in [0.717, 1.165) is 15.8 Å². The molecule has 0 saturated carbocycles. The molecule has 1 heterocycles. The molecule has 1 aromatic heterocycles. The van der Waals surface area contributed by atoms with Gasteiger partial charge in [0.1, 0.15) is 17.4 Å². The second-order valence-corrected chi connectivity index (χ2v) is 6.46. The molecule has 28 heavy (non-hydrogen) atoms. The molecule has 7 nitrogen and oxygen atoms in total. The summed E-state index contributed by atoms with van der Waals surface area (Å²) >= 11 is 3.45. The number of ether oxygens (including phenoxy) is 1. The molecule has 0 aliphatic rings. The van der Waals surface area contributed by atoms with Crippen LogP contribution >= 0.6 is 15.9 Å². The van der Waals surface area contributed by atoms with E-state index in [1.54, 1.807) is 18.3 Å². The van der Waals surface area contributed by atoms with Crippen molar-refractivity contribution in [1.82, 2.24) is 9.97 Å². The molecule has 2 N–H and O–H groups in total. The molecule has 0 aliphatic carbocycles. The van der Waals surface area contributed by atoms with Crippen molar-refractivity contribution in [1.29, 1.82) is 5.26 Å². The summed E-state index contributed by atoms with van der Waals surface area (Å²) in [5.41, 5.74) is 3.92. The Labute approximate surface area is 169 Å². The normalized spacial score (nSPS) is 10.6. The van der Waals surface area contributed by atoms with Gasteiger partial charge in [-0.15, -0.1) is 0 Å². The summed E-state index contributed by atoms with van der Waals surface area (Å²) in [6, 6.07) is 16.5. The number of anilines is 1. The van der Waals surface area contributed by atoms with Gasteiger partial charge in [0.25, 0.3) is 5.56 Å². The quantitative estimate of drug-likeness (QED) is 0.449. The van der Waals surface area contributed by atoms with Gasteiger partial charge in [-0.2, -0.15) is 10.4 Å². The van der Waals surface area contributed by atoms with Crippen molar-refractivity contribution < 1.29 is 4.74 Å². The Hall–Kier alpha value is -3.44. The summed E-state index contributed by atoms with van der Waals surface area (Å²) in [5, 5.41) is 13.4. The van der Waals surface area contributed by atoms with Gasteiger partial charge in [0, 0.05) is 5.56 Å². The Kier molecular flexibility index (Phi) is 6.19. The molecular formula is C20H16BrN5O2. The van der Waals surface area contributed by atoms with Crippen LogP contribution in [0.1, 0.15) is 18.1 Å². The molecule has 0 radical (unpaired) electrons. The molecule has 3 rings (SSSR count). The van der Waals surface area contributed by atoms with Gasteiger partial charge in [0.05, 0.1) is 23.0 Å². The van der Waals surface area contributed by atoms with Crippen molar-refractivity contribution in [2.75, 3.05) is 12.0 Å². The molecule has 0 unspecified atom stereocenters. The van der Waals surface area contributed by atoms with Crippen LogP contribution in [0.4, 0.5) is 5.95 Å². The predicted octanol–water partition coefficient (Wildman–Crippen LogP) is 3.92. The first-order valence-electron chi connectivity index (χ1n) is 8.43. The van der Waals surface area contributed by atoms with Crippen LogP contribution in [0.5, 0.6) is 5.75 Å². The average Bonchev–Trinajstić information content (AvgIpc) is 2.70. The first kappa shape index (κ1) is 19.3. The number of aromatic amines is 1. The second kappa shape index (κ2) is 8.97. The lowest BCUT2D eigenvalue weighted by Gasteiger charge is -2.07. The Morgan fingerprint density at radius 1 is 1.32 bits per heavy atom. The number of hydrogen-bond donors (Lipinski definition) is 2. The maximum Gasteiger partial charge on any atom is 0.270 e. The fourth-order valence-corrected chi connectivity index (χ4v) is 2.98. The minimum absolute atomic E-state index is 0.0452. The fourth-order valence-electron chi connectivity index (χ4n) is 2.47. The van der Waals surface area contributed by atoms with E-state index in [4.69, 9.17) is 4.74 Å². The molecular weight excluding hydrogens is 422 g/mol. The molecule has 0 fully saturated rings. The van der Waals surface area contributed by atoms with Gasteiger partial charge in [-0.1, -0.05) is 30.3 Å². The summed E-state index contributed by atoms with van der Waals surface area (Å²) in [6.07, 6.45) is 1.58. The first-order chi connectivity index (χ1) is 13.6. The van der Waals surface area contributed by atoms with Crippen LogP contribution in [0.2, 0.25) is 0 Å². The van der Waals surface area contributed by atoms with Gasteiger partial charge in [0.15, 0.2) is 0 Å². The van der Waals surface area contributed by atoms with Crippen LogP contribution in [-0.2, 0) is 0 Å². The summed E-state index contributed by atoms with van der Waals surface area (Å²) < 4.78 is 6.29. The van der Waals surface area contributed by atoms with Crippen molar-refractivity contribution >= 4 is 28.1 Å². The molecule has 0 saturated heterocycles. The van der Waals surface area contributed by atoms with Crippen LogP contribution in [0.15, 0.2) is 62.9 Å². The van der Waals surface area contributed by atoms with E-state index in [2.05, 4.69) is 36.4 Å². The zero-order valence-corrected chi connectivity index (χ0v) is 16.5. The number of benzene rings is 2. The molecule has 0 bridgehead atoms. The minimum Gasteiger partial charge on any atom is -0.493 e. The number of H-pyrrole nitrogens is 1. The summed E-state index contributed by atoms with van der Waals surface area (Å²) in [7, 11) is 0. The molecule has 0 aliphatic heterocycles. The maximum absolute atomic E-state index is 12.2. The Balaban J connectivity index is 1.84. The van der Waals surface area contributed by atoms with Gasteiger partial charge in [-0.3, -0.25) is 9.78 Å². The highest BCUT2D eigenvalue weighted by molar-refractivity contribution is 9.10. The topological polar surface area (TPSA) is 103 Å². The zero-order chi connectivity index (χ0) is 19.9. The Bertz CT molecular complexity index is 1100.